The van der Waals surface area contributed by atoms with Crippen molar-refractivity contribution in [1.29, 1.82) is 5.26 Å². The van der Waals surface area contributed by atoms with Gasteiger partial charge in [-0.1, -0.05) is 57.3 Å². The Bertz CT molecular complexity index is 670. The van der Waals surface area contributed by atoms with E-state index in [0.717, 1.165) is 15.6 Å². The lowest BCUT2D eigenvalue weighted by Crippen LogP contribution is -1.83. The second-order valence-electron chi connectivity index (χ2n) is 3.84. The molecule has 2 aromatic rings. The number of benzene rings is 2. The van der Waals surface area contributed by atoms with Crippen molar-refractivity contribution >= 4 is 50.8 Å². The van der Waals surface area contributed by atoms with Crippen LogP contribution < -0.4 is 0 Å². The highest BCUT2D eigenvalue weighted by molar-refractivity contribution is 9.10. The Balaban J connectivity index is 2.44. The summed E-state index contributed by atoms with van der Waals surface area (Å²) in [4.78, 5) is 0. The van der Waals surface area contributed by atoms with Gasteiger partial charge < -0.3 is 0 Å². The molecule has 94 valence electrons. The van der Waals surface area contributed by atoms with Crippen LogP contribution >= 0.6 is 39.1 Å². The van der Waals surface area contributed by atoms with Gasteiger partial charge in [0.15, 0.2) is 0 Å². The minimum atomic E-state index is 0.525. The van der Waals surface area contributed by atoms with E-state index in [0.29, 0.717) is 15.6 Å². The van der Waals surface area contributed by atoms with Gasteiger partial charge in [0, 0.05) is 14.5 Å². The van der Waals surface area contributed by atoms with Gasteiger partial charge in [-0.05, 0) is 41.5 Å². The van der Waals surface area contributed by atoms with E-state index in [4.69, 9.17) is 23.2 Å². The van der Waals surface area contributed by atoms with Crippen molar-refractivity contribution in [3.05, 3.63) is 68.1 Å². The summed E-state index contributed by atoms with van der Waals surface area (Å²) < 4.78 is 0.970. The molecule has 0 amide bonds. The van der Waals surface area contributed by atoms with Gasteiger partial charge in [0.05, 0.1) is 11.6 Å². The Kier molecular flexibility index (Phi) is 4.66. The van der Waals surface area contributed by atoms with Crippen LogP contribution in [0.3, 0.4) is 0 Å². The van der Waals surface area contributed by atoms with Crippen LogP contribution in [0.25, 0.3) is 11.6 Å². The van der Waals surface area contributed by atoms with Crippen LogP contribution in [-0.2, 0) is 0 Å². The summed E-state index contributed by atoms with van der Waals surface area (Å²) >= 11 is 15.3. The number of nitrogens with zero attached hydrogens (tertiary/aromatic N) is 1. The molecule has 4 heteroatoms. The van der Waals surface area contributed by atoms with E-state index >= 15 is 0 Å². The minimum absolute atomic E-state index is 0.525. The van der Waals surface area contributed by atoms with Crippen LogP contribution in [0.2, 0.25) is 10.0 Å². The molecule has 0 saturated heterocycles. The summed E-state index contributed by atoms with van der Waals surface area (Å²) in [5.41, 5.74) is 2.17. The Morgan fingerprint density at radius 3 is 2.37 bits per heavy atom. The minimum Gasteiger partial charge on any atom is -0.192 e. The van der Waals surface area contributed by atoms with E-state index in [1.807, 2.05) is 24.3 Å². The van der Waals surface area contributed by atoms with Crippen molar-refractivity contribution in [3.63, 3.8) is 0 Å². The van der Waals surface area contributed by atoms with E-state index in [-0.39, 0.29) is 0 Å². The van der Waals surface area contributed by atoms with Crippen LogP contribution in [0, 0.1) is 11.3 Å². The van der Waals surface area contributed by atoms with Crippen molar-refractivity contribution in [2.45, 2.75) is 0 Å². The summed E-state index contributed by atoms with van der Waals surface area (Å²) in [5, 5.41) is 10.4. The molecule has 1 nitrogen and oxygen atoms in total. The molecule has 0 unspecified atom stereocenters. The fraction of sp³-hybridized carbons (Fsp3) is 0. The normalized spacial score (nSPS) is 11.2. The zero-order valence-corrected chi connectivity index (χ0v) is 12.8. The van der Waals surface area contributed by atoms with E-state index in [1.165, 1.54) is 0 Å². The fourth-order valence-electron chi connectivity index (χ4n) is 1.58. The van der Waals surface area contributed by atoms with Crippen molar-refractivity contribution in [2.24, 2.45) is 0 Å². The van der Waals surface area contributed by atoms with E-state index in [9.17, 15) is 5.26 Å². The topological polar surface area (TPSA) is 23.8 Å². The molecule has 19 heavy (non-hydrogen) atoms. The van der Waals surface area contributed by atoms with Crippen molar-refractivity contribution < 1.29 is 0 Å². The zero-order valence-electron chi connectivity index (χ0n) is 9.70. The third-order valence-corrected chi connectivity index (χ3v) is 3.63. The predicted octanol–water partition coefficient (Wildman–Crippen LogP) is 5.82. The Labute approximate surface area is 130 Å². The van der Waals surface area contributed by atoms with Crippen LogP contribution in [0.1, 0.15) is 11.1 Å². The molecule has 2 aromatic carbocycles. The average molecular weight is 353 g/mol. The van der Waals surface area contributed by atoms with Gasteiger partial charge in [-0.2, -0.15) is 5.26 Å². The lowest BCUT2D eigenvalue weighted by atomic mass is 10.0. The first-order valence-electron chi connectivity index (χ1n) is 5.43. The SMILES string of the molecule is N#C/C(=C/c1ccc(Cl)cc1Cl)c1ccc(Br)cc1. The van der Waals surface area contributed by atoms with E-state index in [1.54, 1.807) is 24.3 Å². The third kappa shape index (κ3) is 3.61. The highest BCUT2D eigenvalue weighted by atomic mass is 79.9. The first kappa shape index (κ1) is 14.1. The number of hydrogen-bond acceptors (Lipinski definition) is 1. The first-order chi connectivity index (χ1) is 9.10. The van der Waals surface area contributed by atoms with Crippen molar-refractivity contribution in [1.82, 2.24) is 0 Å². The Morgan fingerprint density at radius 1 is 1.11 bits per heavy atom. The molecular weight excluding hydrogens is 345 g/mol. The van der Waals surface area contributed by atoms with Gasteiger partial charge in [0.1, 0.15) is 0 Å². The van der Waals surface area contributed by atoms with Gasteiger partial charge in [-0.25, -0.2) is 0 Å². The summed E-state index contributed by atoms with van der Waals surface area (Å²) in [7, 11) is 0. The maximum absolute atomic E-state index is 9.26. The molecule has 0 bridgehead atoms. The van der Waals surface area contributed by atoms with Crippen LogP contribution in [-0.4, -0.2) is 0 Å². The molecule has 0 spiro atoms. The standard InChI is InChI=1S/C15H8BrCl2N/c16-13-4-1-10(2-5-13)12(9-19)7-11-3-6-14(17)8-15(11)18/h1-8H/b12-7-. The lowest BCUT2D eigenvalue weighted by molar-refractivity contribution is 1.52. The number of halogens is 3. The Hall–Kier alpha value is -1.27. The molecular formula is C15H8BrCl2N. The largest absolute Gasteiger partial charge is 0.192 e. The first-order valence-corrected chi connectivity index (χ1v) is 6.98. The zero-order chi connectivity index (χ0) is 13.8. The molecule has 0 radical (unpaired) electrons. The molecule has 0 aliphatic carbocycles. The average Bonchev–Trinajstić information content (AvgIpc) is 2.39. The summed E-state index contributed by atoms with van der Waals surface area (Å²) in [5.74, 6) is 0. The summed E-state index contributed by atoms with van der Waals surface area (Å²) in [6, 6.07) is 14.9. The maximum atomic E-state index is 9.26. The molecule has 0 fully saturated rings. The number of rotatable bonds is 2. The van der Waals surface area contributed by atoms with Crippen molar-refractivity contribution in [3.8, 4) is 6.07 Å². The second kappa shape index (κ2) is 6.25. The molecule has 0 aliphatic heterocycles. The highest BCUT2D eigenvalue weighted by Gasteiger charge is 2.04. The predicted molar refractivity (Wildman–Crippen MR) is 84.1 cm³/mol. The molecule has 0 aliphatic rings. The monoisotopic (exact) mass is 351 g/mol. The van der Waals surface area contributed by atoms with Crippen LogP contribution in [0.4, 0.5) is 0 Å². The molecule has 0 aromatic heterocycles. The smallest absolute Gasteiger partial charge is 0.0998 e. The molecule has 0 N–H and O–H groups in total. The summed E-state index contributed by atoms with van der Waals surface area (Å²) in [6.45, 7) is 0. The quantitative estimate of drug-likeness (QED) is 0.493. The van der Waals surface area contributed by atoms with Crippen LogP contribution in [0.5, 0.6) is 0 Å². The molecule has 0 atom stereocenters. The van der Waals surface area contributed by atoms with E-state index < -0.39 is 0 Å². The van der Waals surface area contributed by atoms with Gasteiger partial charge in [-0.15, -0.1) is 0 Å². The summed E-state index contributed by atoms with van der Waals surface area (Å²) in [6.07, 6.45) is 1.75. The number of hydrogen-bond donors (Lipinski definition) is 0. The third-order valence-electron chi connectivity index (χ3n) is 2.54. The van der Waals surface area contributed by atoms with E-state index in [2.05, 4.69) is 22.0 Å². The maximum Gasteiger partial charge on any atom is 0.0998 e. The van der Waals surface area contributed by atoms with Gasteiger partial charge in [0.2, 0.25) is 0 Å². The molecule has 2 rings (SSSR count). The van der Waals surface area contributed by atoms with Gasteiger partial charge >= 0.3 is 0 Å². The lowest BCUT2D eigenvalue weighted by Gasteiger charge is -2.02. The fourth-order valence-corrected chi connectivity index (χ4v) is 2.31. The second-order valence-corrected chi connectivity index (χ2v) is 5.60. The van der Waals surface area contributed by atoms with Gasteiger partial charge in [0.25, 0.3) is 0 Å². The van der Waals surface area contributed by atoms with Crippen LogP contribution in [0.15, 0.2) is 46.9 Å². The Morgan fingerprint density at radius 2 is 1.79 bits per heavy atom. The molecule has 0 heterocycles. The number of nitriles is 1. The molecule has 0 saturated carbocycles. The van der Waals surface area contributed by atoms with Crippen molar-refractivity contribution in [2.75, 3.05) is 0 Å². The number of allylic oxidation sites excluding steroid dienone is 1. The highest BCUT2D eigenvalue weighted by Crippen LogP contribution is 2.26. The van der Waals surface area contributed by atoms with Gasteiger partial charge in [-0.3, -0.25) is 0 Å².